The molecule has 0 fully saturated rings. The van der Waals surface area contributed by atoms with Crippen molar-refractivity contribution >= 4 is 32.7 Å². The van der Waals surface area contributed by atoms with E-state index in [0.29, 0.717) is 0 Å². The fraction of sp³-hybridized carbons (Fsp3) is 0. The summed E-state index contributed by atoms with van der Waals surface area (Å²) in [6, 6.07) is 34.9. The predicted octanol–water partition coefficient (Wildman–Crippen LogP) is 7.27. The van der Waals surface area contributed by atoms with Crippen molar-refractivity contribution in [2.24, 2.45) is 0 Å². The molecule has 0 aliphatic rings. The Balaban J connectivity index is 0.000000153. The van der Waals surface area contributed by atoms with E-state index < -0.39 is 0 Å². The molecule has 8 heterocycles. The van der Waals surface area contributed by atoms with E-state index in [-0.39, 0.29) is 0 Å². The van der Waals surface area contributed by atoms with Gasteiger partial charge in [-0.3, -0.25) is 24.9 Å². The Hall–Kier alpha value is -8.92. The maximum absolute atomic E-state index is 4.12. The monoisotopic (exact) mass is 790 g/mol. The number of pyridine rings is 1. The lowest BCUT2D eigenvalue weighted by Crippen LogP contribution is -1.78. The second kappa shape index (κ2) is 30.3. The number of aromatic nitrogens is 16. The highest BCUT2D eigenvalue weighted by Gasteiger charge is 1.89. The summed E-state index contributed by atoms with van der Waals surface area (Å²) in [5.41, 5.74) is 2.90. The fourth-order valence-electron chi connectivity index (χ4n) is 4.05. The molecule has 294 valence electrons. The van der Waals surface area contributed by atoms with Gasteiger partial charge in [-0.15, -0.1) is 0 Å². The van der Waals surface area contributed by atoms with Crippen LogP contribution in [0.15, 0.2) is 234 Å². The predicted molar refractivity (Wildman–Crippen MR) is 229 cm³/mol. The molecule has 0 spiro atoms. The zero-order valence-corrected chi connectivity index (χ0v) is 32.1. The number of hydrogen-bond donors (Lipinski definition) is 0. The minimum atomic E-state index is 0.949. The first-order chi connectivity index (χ1) is 29.9. The van der Waals surface area contributed by atoms with Crippen molar-refractivity contribution in [2.75, 3.05) is 0 Å². The van der Waals surface area contributed by atoms with E-state index in [9.17, 15) is 0 Å². The van der Waals surface area contributed by atoms with Gasteiger partial charge in [-0.1, -0.05) is 60.7 Å². The third-order valence-corrected chi connectivity index (χ3v) is 6.65. The van der Waals surface area contributed by atoms with Gasteiger partial charge in [-0.2, -0.15) is 20.4 Å². The van der Waals surface area contributed by atoms with Gasteiger partial charge in [0.15, 0.2) is 0 Å². The lowest BCUT2D eigenvalue weighted by molar-refractivity contribution is 1.03. The molecule has 60 heavy (non-hydrogen) atoms. The lowest BCUT2D eigenvalue weighted by atomic mass is 10.2. The molecule has 16 nitrogen and oxygen atoms in total. The Morgan fingerprint density at radius 2 is 0.650 bits per heavy atom. The molecule has 8 aromatic heterocycles. The van der Waals surface area contributed by atoms with Crippen LogP contribution in [0.5, 0.6) is 0 Å². The summed E-state index contributed by atoms with van der Waals surface area (Å²) in [6.07, 6.45) is 32.8. The van der Waals surface area contributed by atoms with Gasteiger partial charge in [0.05, 0.1) is 28.9 Å². The van der Waals surface area contributed by atoms with Crippen molar-refractivity contribution in [2.45, 2.75) is 0 Å². The van der Waals surface area contributed by atoms with Crippen LogP contribution in [0.3, 0.4) is 0 Å². The molecule has 0 unspecified atom stereocenters. The van der Waals surface area contributed by atoms with E-state index in [0.717, 1.165) is 32.7 Å². The molecule has 3 aromatic carbocycles. The summed E-state index contributed by atoms with van der Waals surface area (Å²) in [5.74, 6) is 0. The Morgan fingerprint density at radius 1 is 0.217 bits per heavy atom. The van der Waals surface area contributed by atoms with Crippen molar-refractivity contribution in [3.8, 4) is 0 Å². The van der Waals surface area contributed by atoms with Crippen LogP contribution in [0.4, 0.5) is 0 Å². The quantitative estimate of drug-likeness (QED) is 0.148. The van der Waals surface area contributed by atoms with Crippen molar-refractivity contribution < 1.29 is 0 Å². The summed E-state index contributed by atoms with van der Waals surface area (Å²) in [6.45, 7) is 0. The van der Waals surface area contributed by atoms with Gasteiger partial charge >= 0.3 is 0 Å². The van der Waals surface area contributed by atoms with Crippen LogP contribution in [-0.4, -0.2) is 80.2 Å². The number of benzene rings is 3. The Morgan fingerprint density at radius 3 is 1.02 bits per heavy atom. The molecule has 0 saturated carbocycles. The second-order valence-electron chi connectivity index (χ2n) is 10.8. The maximum atomic E-state index is 4.12. The smallest absolute Gasteiger partial charge is 0.119 e. The number of fused-ring (bicyclic) bond motifs is 3. The molecule has 0 saturated heterocycles. The highest BCUT2D eigenvalue weighted by molar-refractivity contribution is 5.80. The third-order valence-electron chi connectivity index (χ3n) is 6.65. The van der Waals surface area contributed by atoms with Crippen LogP contribution in [-0.2, 0) is 0 Å². The first-order valence-corrected chi connectivity index (χ1v) is 17.9. The molecular formula is C44H38N16. The first kappa shape index (κ1) is 43.8. The van der Waals surface area contributed by atoms with E-state index >= 15 is 0 Å². The number of para-hydroxylation sites is 3. The second-order valence-corrected chi connectivity index (χ2v) is 10.8. The molecule has 0 atom stereocenters. The van der Waals surface area contributed by atoms with Gasteiger partial charge in [0.1, 0.15) is 31.6 Å². The van der Waals surface area contributed by atoms with Crippen molar-refractivity contribution in [1.82, 2.24) is 80.2 Å². The van der Waals surface area contributed by atoms with Crippen molar-refractivity contribution in [3.63, 3.8) is 0 Å². The molecular weight excluding hydrogens is 753 g/mol. The third kappa shape index (κ3) is 20.1. The number of nitrogens with zero attached hydrogens (tertiary/aromatic N) is 16. The zero-order valence-electron chi connectivity index (χ0n) is 32.1. The Kier molecular flexibility index (Phi) is 22.1. The van der Waals surface area contributed by atoms with Gasteiger partial charge < -0.3 is 0 Å². The Bertz CT molecular complexity index is 1940. The van der Waals surface area contributed by atoms with Gasteiger partial charge in [-0.05, 0) is 48.5 Å². The number of rotatable bonds is 0. The van der Waals surface area contributed by atoms with Crippen LogP contribution in [0.2, 0.25) is 0 Å². The van der Waals surface area contributed by atoms with Crippen LogP contribution in [0.25, 0.3) is 32.7 Å². The average Bonchev–Trinajstić information content (AvgIpc) is 3.38. The van der Waals surface area contributed by atoms with E-state index in [2.05, 4.69) is 80.2 Å². The van der Waals surface area contributed by atoms with Crippen LogP contribution >= 0.6 is 0 Å². The summed E-state index contributed by atoms with van der Waals surface area (Å²) < 4.78 is 0. The molecule has 0 aliphatic carbocycles. The minimum Gasteiger partial charge on any atom is -0.265 e. The van der Waals surface area contributed by atoms with Crippen molar-refractivity contribution in [1.29, 1.82) is 0 Å². The van der Waals surface area contributed by atoms with E-state index in [1.807, 2.05) is 109 Å². The van der Waals surface area contributed by atoms with E-state index in [1.165, 1.54) is 25.3 Å². The van der Waals surface area contributed by atoms with Gasteiger partial charge in [-0.25, -0.2) is 34.9 Å². The zero-order chi connectivity index (χ0) is 41.6. The van der Waals surface area contributed by atoms with Crippen molar-refractivity contribution in [3.05, 3.63) is 234 Å². The highest BCUT2D eigenvalue weighted by atomic mass is 15.1. The average molecular weight is 791 g/mol. The molecule has 11 rings (SSSR count). The first-order valence-electron chi connectivity index (χ1n) is 17.9. The van der Waals surface area contributed by atoms with E-state index in [1.54, 1.807) is 99.1 Å². The fourth-order valence-corrected chi connectivity index (χ4v) is 4.05. The van der Waals surface area contributed by atoms with Gasteiger partial charge in [0, 0.05) is 96.7 Å². The normalized spacial score (nSPS) is 9.00. The summed E-state index contributed by atoms with van der Waals surface area (Å²) in [4.78, 5) is 45.5. The maximum Gasteiger partial charge on any atom is 0.119 e. The topological polar surface area (TPSA) is 206 Å². The molecule has 0 bridgehead atoms. The largest absolute Gasteiger partial charge is 0.265 e. The molecule has 0 radical (unpaired) electrons. The van der Waals surface area contributed by atoms with Gasteiger partial charge in [0.25, 0.3) is 0 Å². The van der Waals surface area contributed by atoms with Crippen LogP contribution in [0.1, 0.15) is 0 Å². The standard InChI is InChI=1S/3C8H6N2.C5H5N.3C4H4N2.C3H3N3/c1-2-4-8-7(3-1)5-9-6-10-8;1-2-4-8-6-10-9-5-7(8)3-1;1-2-4-8-7(3-1)9-5-6-10-8;1-2-4-6-5-3-1;1-2-6-4-3-5-1;1-2-5-4-6-3-1;1-2-4-6-5-3-1;1-4-2-6-3-5-1/h3*1-6H;1-5H;3*1-4H;1-3H. The lowest BCUT2D eigenvalue weighted by Gasteiger charge is -1.90. The molecule has 0 N–H and O–H groups in total. The summed E-state index contributed by atoms with van der Waals surface area (Å²) in [7, 11) is 0. The summed E-state index contributed by atoms with van der Waals surface area (Å²) >= 11 is 0. The molecule has 0 aliphatic heterocycles. The van der Waals surface area contributed by atoms with Crippen LogP contribution < -0.4 is 0 Å². The molecule has 16 heteroatoms. The van der Waals surface area contributed by atoms with Gasteiger partial charge in [0.2, 0.25) is 0 Å². The molecule has 0 amide bonds. The molecule has 11 aromatic rings. The minimum absolute atomic E-state index is 0.949. The SMILES string of the molecule is c1ccc2cnncc2c1.c1ccc2nccnc2c1.c1ccc2ncncc2c1.c1ccncc1.c1ccnnc1.c1cnccn1.c1cncnc1.c1ncncn1. The Labute approximate surface area is 345 Å². The van der Waals surface area contributed by atoms with Crippen LogP contribution in [0, 0.1) is 0 Å². The van der Waals surface area contributed by atoms with E-state index in [4.69, 9.17) is 0 Å². The highest BCUT2D eigenvalue weighted by Crippen LogP contribution is 2.08. The summed E-state index contributed by atoms with van der Waals surface area (Å²) in [5, 5.41) is 18.0. The number of hydrogen-bond acceptors (Lipinski definition) is 16.